The van der Waals surface area contributed by atoms with Crippen LogP contribution in [0.5, 0.6) is 0 Å². The molecule has 114 valence electrons. The second-order valence-electron chi connectivity index (χ2n) is 7.29. The first-order chi connectivity index (χ1) is 10.1. The molecule has 3 nitrogen and oxygen atoms in total. The lowest BCUT2D eigenvalue weighted by atomic mass is 9.75. The Hall–Kier alpha value is -1.51. The topological polar surface area (TPSA) is 41.1 Å². The summed E-state index contributed by atoms with van der Waals surface area (Å²) in [5.74, 6) is 0.109. The fraction of sp³-hybridized carbons (Fsp3) is 0.611. The summed E-state index contributed by atoms with van der Waals surface area (Å²) in [6, 6.07) is 6.36. The highest BCUT2D eigenvalue weighted by Gasteiger charge is 2.29. The molecule has 1 aliphatic carbocycles. The average Bonchev–Trinajstić information content (AvgIpc) is 2.45. The SMILES string of the molecule is CC1(C)CCCC(NC(=O)c2cccc3c2CCCN3)C1. The molecule has 1 aliphatic heterocycles. The average molecular weight is 286 g/mol. The van der Waals surface area contributed by atoms with Crippen LogP contribution in [-0.4, -0.2) is 18.5 Å². The minimum absolute atomic E-state index is 0.109. The van der Waals surface area contributed by atoms with Gasteiger partial charge in [-0.25, -0.2) is 0 Å². The third-order valence-corrected chi connectivity index (χ3v) is 4.88. The predicted molar refractivity (Wildman–Crippen MR) is 86.8 cm³/mol. The van der Waals surface area contributed by atoms with Gasteiger partial charge in [-0.15, -0.1) is 0 Å². The van der Waals surface area contributed by atoms with Crippen molar-refractivity contribution >= 4 is 11.6 Å². The fourth-order valence-electron chi connectivity index (χ4n) is 3.81. The summed E-state index contributed by atoms with van der Waals surface area (Å²) in [4.78, 5) is 12.7. The van der Waals surface area contributed by atoms with Gasteiger partial charge in [-0.05, 0) is 55.2 Å². The van der Waals surface area contributed by atoms with Gasteiger partial charge < -0.3 is 10.6 Å². The van der Waals surface area contributed by atoms with Crippen LogP contribution in [0.1, 0.15) is 61.9 Å². The summed E-state index contributed by atoms with van der Waals surface area (Å²) < 4.78 is 0. The van der Waals surface area contributed by atoms with E-state index in [1.165, 1.54) is 18.4 Å². The molecule has 0 saturated heterocycles. The standard InChI is InChI=1S/C18H26N2O/c1-18(2)10-4-6-13(12-18)20-17(21)15-7-3-9-16-14(15)8-5-11-19-16/h3,7,9,13,19H,4-6,8,10-12H2,1-2H3,(H,20,21). The van der Waals surface area contributed by atoms with Gasteiger partial charge in [0.1, 0.15) is 0 Å². The summed E-state index contributed by atoms with van der Waals surface area (Å²) in [6.45, 7) is 5.62. The Bertz CT molecular complexity index is 536. The van der Waals surface area contributed by atoms with Crippen LogP contribution < -0.4 is 10.6 Å². The zero-order valence-electron chi connectivity index (χ0n) is 13.2. The quantitative estimate of drug-likeness (QED) is 0.869. The van der Waals surface area contributed by atoms with Crippen molar-refractivity contribution in [3.05, 3.63) is 29.3 Å². The van der Waals surface area contributed by atoms with E-state index in [0.29, 0.717) is 11.5 Å². The van der Waals surface area contributed by atoms with Gasteiger partial charge in [0.15, 0.2) is 0 Å². The molecule has 1 amide bonds. The van der Waals surface area contributed by atoms with Crippen LogP contribution in [0, 0.1) is 5.41 Å². The molecule has 0 spiro atoms. The molecule has 21 heavy (non-hydrogen) atoms. The third-order valence-electron chi connectivity index (χ3n) is 4.88. The monoisotopic (exact) mass is 286 g/mol. The van der Waals surface area contributed by atoms with E-state index in [1.807, 2.05) is 12.1 Å². The van der Waals surface area contributed by atoms with E-state index in [-0.39, 0.29) is 5.91 Å². The van der Waals surface area contributed by atoms with Crippen molar-refractivity contribution in [2.45, 2.75) is 58.4 Å². The van der Waals surface area contributed by atoms with Crippen LogP contribution in [0.15, 0.2) is 18.2 Å². The highest BCUT2D eigenvalue weighted by Crippen LogP contribution is 2.35. The summed E-state index contributed by atoms with van der Waals surface area (Å²) in [5.41, 5.74) is 3.55. The molecule has 1 fully saturated rings. The number of rotatable bonds is 2. The maximum atomic E-state index is 12.7. The van der Waals surface area contributed by atoms with Gasteiger partial charge in [0, 0.05) is 23.8 Å². The van der Waals surface area contributed by atoms with Gasteiger partial charge in [0.05, 0.1) is 0 Å². The lowest BCUT2D eigenvalue weighted by Gasteiger charge is -2.35. The predicted octanol–water partition coefficient (Wildman–Crippen LogP) is 3.74. The summed E-state index contributed by atoms with van der Waals surface area (Å²) in [7, 11) is 0. The second-order valence-corrected chi connectivity index (χ2v) is 7.29. The Morgan fingerprint density at radius 3 is 3.00 bits per heavy atom. The smallest absolute Gasteiger partial charge is 0.251 e. The highest BCUT2D eigenvalue weighted by atomic mass is 16.1. The van der Waals surface area contributed by atoms with Crippen LogP contribution in [0.3, 0.4) is 0 Å². The van der Waals surface area contributed by atoms with Gasteiger partial charge in [0.25, 0.3) is 5.91 Å². The minimum atomic E-state index is 0.109. The van der Waals surface area contributed by atoms with E-state index in [4.69, 9.17) is 0 Å². The van der Waals surface area contributed by atoms with Crippen LogP contribution in [0.2, 0.25) is 0 Å². The zero-order valence-corrected chi connectivity index (χ0v) is 13.2. The van der Waals surface area contributed by atoms with Crippen molar-refractivity contribution in [2.75, 3.05) is 11.9 Å². The first-order valence-electron chi connectivity index (χ1n) is 8.22. The van der Waals surface area contributed by atoms with Crippen molar-refractivity contribution in [1.29, 1.82) is 0 Å². The summed E-state index contributed by atoms with van der Waals surface area (Å²) in [5, 5.41) is 6.67. The Balaban J connectivity index is 1.74. The van der Waals surface area contributed by atoms with E-state index in [0.717, 1.165) is 43.5 Å². The van der Waals surface area contributed by atoms with Crippen molar-refractivity contribution < 1.29 is 4.79 Å². The van der Waals surface area contributed by atoms with Crippen LogP contribution in [-0.2, 0) is 6.42 Å². The number of carbonyl (C=O) groups excluding carboxylic acids is 1. The maximum absolute atomic E-state index is 12.7. The number of amides is 1. The molecule has 0 aromatic heterocycles. The number of nitrogens with one attached hydrogen (secondary N) is 2. The molecule has 1 heterocycles. The van der Waals surface area contributed by atoms with Gasteiger partial charge in [-0.2, -0.15) is 0 Å². The zero-order chi connectivity index (χ0) is 14.9. The number of fused-ring (bicyclic) bond motifs is 1. The maximum Gasteiger partial charge on any atom is 0.251 e. The van der Waals surface area contributed by atoms with Crippen LogP contribution in [0.25, 0.3) is 0 Å². The molecule has 0 radical (unpaired) electrons. The first kappa shape index (κ1) is 14.4. The third kappa shape index (κ3) is 3.22. The Morgan fingerprint density at radius 1 is 1.33 bits per heavy atom. The number of carbonyl (C=O) groups is 1. The van der Waals surface area contributed by atoms with Crippen LogP contribution >= 0.6 is 0 Å². The summed E-state index contributed by atoms with van der Waals surface area (Å²) in [6.07, 6.45) is 6.79. The number of benzene rings is 1. The lowest BCUT2D eigenvalue weighted by molar-refractivity contribution is 0.0901. The van der Waals surface area contributed by atoms with Crippen molar-refractivity contribution in [3.8, 4) is 0 Å². The fourth-order valence-corrected chi connectivity index (χ4v) is 3.81. The Labute approximate surface area is 127 Å². The molecule has 3 heteroatoms. The second kappa shape index (κ2) is 5.70. The van der Waals surface area contributed by atoms with E-state index in [9.17, 15) is 4.79 Å². The van der Waals surface area contributed by atoms with Gasteiger partial charge in [0.2, 0.25) is 0 Å². The van der Waals surface area contributed by atoms with Crippen LogP contribution in [0.4, 0.5) is 5.69 Å². The molecule has 2 aliphatic rings. The molecule has 1 aromatic rings. The van der Waals surface area contributed by atoms with Gasteiger partial charge in [-0.3, -0.25) is 4.79 Å². The molecular weight excluding hydrogens is 260 g/mol. The van der Waals surface area contributed by atoms with Crippen molar-refractivity contribution in [3.63, 3.8) is 0 Å². The highest BCUT2D eigenvalue weighted by molar-refractivity contribution is 5.97. The van der Waals surface area contributed by atoms with Gasteiger partial charge in [-0.1, -0.05) is 26.3 Å². The molecule has 0 bridgehead atoms. The Kier molecular flexibility index (Phi) is 3.92. The molecule has 3 rings (SSSR count). The van der Waals surface area contributed by atoms with E-state index in [1.54, 1.807) is 0 Å². The van der Waals surface area contributed by atoms with E-state index >= 15 is 0 Å². The number of hydrogen-bond acceptors (Lipinski definition) is 2. The first-order valence-corrected chi connectivity index (χ1v) is 8.22. The largest absolute Gasteiger partial charge is 0.385 e. The molecule has 1 saturated carbocycles. The van der Waals surface area contributed by atoms with Gasteiger partial charge >= 0.3 is 0 Å². The number of anilines is 1. The van der Waals surface area contributed by atoms with E-state index in [2.05, 4.69) is 30.5 Å². The minimum Gasteiger partial charge on any atom is -0.385 e. The molecule has 2 N–H and O–H groups in total. The Morgan fingerprint density at radius 2 is 2.19 bits per heavy atom. The van der Waals surface area contributed by atoms with E-state index < -0.39 is 0 Å². The van der Waals surface area contributed by atoms with Crippen molar-refractivity contribution in [2.24, 2.45) is 5.41 Å². The summed E-state index contributed by atoms with van der Waals surface area (Å²) >= 11 is 0. The lowest BCUT2D eigenvalue weighted by Crippen LogP contribution is -2.41. The molecule has 1 unspecified atom stereocenters. The molecular formula is C18H26N2O. The normalized spacial score (nSPS) is 23.8. The van der Waals surface area contributed by atoms with Crippen molar-refractivity contribution in [1.82, 2.24) is 5.32 Å². The molecule has 1 atom stereocenters. The molecule has 1 aromatic carbocycles. The number of hydrogen-bond donors (Lipinski definition) is 2.